The molecule has 1 rings (SSSR count). The Morgan fingerprint density at radius 2 is 2.00 bits per heavy atom. The van der Waals surface area contributed by atoms with Crippen LogP contribution in [0.1, 0.15) is 5.56 Å². The Balaban J connectivity index is 2.64. The Hall–Kier alpha value is -2.09. The van der Waals surface area contributed by atoms with Gasteiger partial charge in [0.05, 0.1) is 0 Å². The van der Waals surface area contributed by atoms with Gasteiger partial charge in [0.2, 0.25) is 0 Å². The van der Waals surface area contributed by atoms with Gasteiger partial charge < -0.3 is 4.90 Å². The van der Waals surface area contributed by atoms with Crippen molar-refractivity contribution in [2.75, 3.05) is 14.1 Å². The summed E-state index contributed by atoms with van der Waals surface area (Å²) in [4.78, 5) is 6.01. The molecule has 0 heterocycles. The summed E-state index contributed by atoms with van der Waals surface area (Å²) in [6.45, 7) is 3.55. The highest BCUT2D eigenvalue weighted by Crippen LogP contribution is 2.04. The highest BCUT2D eigenvalue weighted by atomic mass is 15.1. The summed E-state index contributed by atoms with van der Waals surface area (Å²) < 4.78 is 0. The Bertz CT molecular complexity index is 439. The molecule has 0 saturated carbocycles. The Morgan fingerprint density at radius 1 is 1.28 bits per heavy atom. The van der Waals surface area contributed by atoms with Gasteiger partial charge in [0.15, 0.2) is 0 Å². The van der Waals surface area contributed by atoms with Gasteiger partial charge in [0, 0.05) is 32.2 Å². The van der Waals surface area contributed by atoms with Gasteiger partial charge in [-0.1, -0.05) is 43.0 Å². The normalized spacial score (nSPS) is 12.2. The van der Waals surface area contributed by atoms with Crippen LogP contribution in [0.3, 0.4) is 0 Å². The van der Waals surface area contributed by atoms with Gasteiger partial charge in [-0.2, -0.15) is 0 Å². The molecule has 0 aliphatic rings. The third-order valence-electron chi connectivity index (χ3n) is 2.44. The molecule has 0 fully saturated rings. The van der Waals surface area contributed by atoms with E-state index in [1.807, 2.05) is 26.2 Å². The quantitative estimate of drug-likeness (QED) is 0.549. The van der Waals surface area contributed by atoms with Gasteiger partial charge in [-0.05, 0) is 24.1 Å². The van der Waals surface area contributed by atoms with Gasteiger partial charge in [-0.25, -0.2) is 0 Å². The summed E-state index contributed by atoms with van der Waals surface area (Å²) in [5.74, 6) is 0. The fraction of sp³-hybridized carbons (Fsp3) is 0.188. The number of benzene rings is 1. The number of likely N-dealkylation sites (N-methyl/N-ethyl adjacent to an activating group) is 1. The Morgan fingerprint density at radius 3 is 2.61 bits per heavy atom. The first-order valence-corrected chi connectivity index (χ1v) is 5.96. The third-order valence-corrected chi connectivity index (χ3v) is 2.44. The lowest BCUT2D eigenvalue weighted by atomic mass is 10.1. The molecule has 18 heavy (non-hydrogen) atoms. The summed E-state index contributed by atoms with van der Waals surface area (Å²) in [7, 11) is 4.03. The van der Waals surface area contributed by atoms with Crippen molar-refractivity contribution in [3.05, 3.63) is 72.6 Å². The van der Waals surface area contributed by atoms with E-state index in [2.05, 4.69) is 52.9 Å². The largest absolute Gasteiger partial charge is 0.378 e. The van der Waals surface area contributed by atoms with Crippen molar-refractivity contribution in [3.8, 4) is 0 Å². The average Bonchev–Trinajstić information content (AvgIpc) is 2.38. The number of hydrogen-bond donors (Lipinski definition) is 0. The smallest absolute Gasteiger partial charge is 0.0373 e. The molecule has 0 aliphatic carbocycles. The molecule has 0 N–H and O–H groups in total. The van der Waals surface area contributed by atoms with Crippen LogP contribution in [0.5, 0.6) is 0 Å². The summed E-state index contributed by atoms with van der Waals surface area (Å²) in [6, 6.07) is 10.4. The molecule has 94 valence electrons. The van der Waals surface area contributed by atoms with Crippen molar-refractivity contribution < 1.29 is 0 Å². The van der Waals surface area contributed by atoms with Gasteiger partial charge in [-0.15, -0.1) is 0 Å². The lowest BCUT2D eigenvalue weighted by Crippen LogP contribution is -2.09. The maximum atomic E-state index is 3.96. The van der Waals surface area contributed by atoms with Crippen LogP contribution in [0.25, 0.3) is 0 Å². The van der Waals surface area contributed by atoms with Crippen molar-refractivity contribution in [1.82, 2.24) is 4.90 Å². The average molecular weight is 240 g/mol. The molecule has 1 aromatic carbocycles. The van der Waals surface area contributed by atoms with Gasteiger partial charge >= 0.3 is 0 Å². The Labute approximate surface area is 110 Å². The molecule has 0 spiro atoms. The lowest BCUT2D eigenvalue weighted by Gasteiger charge is -2.12. The predicted molar refractivity (Wildman–Crippen MR) is 79.7 cm³/mol. The highest BCUT2D eigenvalue weighted by molar-refractivity contribution is 5.73. The van der Waals surface area contributed by atoms with Crippen molar-refractivity contribution in [2.24, 2.45) is 4.99 Å². The second kappa shape index (κ2) is 8.07. The summed E-state index contributed by atoms with van der Waals surface area (Å²) in [5.41, 5.74) is 2.42. The van der Waals surface area contributed by atoms with Gasteiger partial charge in [0.1, 0.15) is 0 Å². The van der Waals surface area contributed by atoms with Crippen LogP contribution >= 0.6 is 0 Å². The molecule has 0 aliphatic heterocycles. The predicted octanol–water partition coefficient (Wildman–Crippen LogP) is 3.45. The first kappa shape index (κ1) is 14.0. The summed E-state index contributed by atoms with van der Waals surface area (Å²) >= 11 is 0. The number of aliphatic imine (C=N–C) groups is 1. The first-order valence-electron chi connectivity index (χ1n) is 5.96. The van der Waals surface area contributed by atoms with Crippen molar-refractivity contribution in [1.29, 1.82) is 0 Å². The number of rotatable bonds is 6. The van der Waals surface area contributed by atoms with Gasteiger partial charge in [0.25, 0.3) is 0 Å². The van der Waals surface area contributed by atoms with Crippen LogP contribution < -0.4 is 0 Å². The van der Waals surface area contributed by atoms with E-state index in [4.69, 9.17) is 0 Å². The van der Waals surface area contributed by atoms with E-state index in [0.717, 1.165) is 12.1 Å². The zero-order valence-corrected chi connectivity index (χ0v) is 11.1. The fourth-order valence-corrected chi connectivity index (χ4v) is 1.46. The molecule has 0 saturated heterocycles. The van der Waals surface area contributed by atoms with Crippen LogP contribution in [0, 0.1) is 0 Å². The minimum atomic E-state index is 0.935. The topological polar surface area (TPSA) is 15.6 Å². The molecular weight excluding hydrogens is 220 g/mol. The Kier molecular flexibility index (Phi) is 6.26. The molecule has 0 unspecified atom stereocenters. The van der Waals surface area contributed by atoms with E-state index in [9.17, 15) is 0 Å². The van der Waals surface area contributed by atoms with E-state index < -0.39 is 0 Å². The van der Waals surface area contributed by atoms with Crippen molar-refractivity contribution in [3.63, 3.8) is 0 Å². The summed E-state index contributed by atoms with van der Waals surface area (Å²) in [6.07, 6.45) is 10.4. The SMILES string of the molecule is C=CN=C/C=C(\C=C/Cc1ccccc1)N(C)C. The maximum absolute atomic E-state index is 3.96. The van der Waals surface area contributed by atoms with Gasteiger partial charge in [-0.3, -0.25) is 4.99 Å². The van der Waals surface area contributed by atoms with Crippen LogP contribution in [0.4, 0.5) is 0 Å². The molecule has 1 aromatic rings. The number of allylic oxidation sites excluding steroid dienone is 3. The van der Waals surface area contributed by atoms with E-state index in [-0.39, 0.29) is 0 Å². The molecule has 0 bridgehead atoms. The second-order valence-electron chi connectivity index (χ2n) is 4.06. The molecular formula is C16H20N2. The van der Waals surface area contributed by atoms with E-state index >= 15 is 0 Å². The van der Waals surface area contributed by atoms with E-state index in [1.54, 1.807) is 6.21 Å². The standard InChI is InChI=1S/C16H20N2/c1-4-17-14-13-16(18(2)3)12-8-11-15-9-6-5-7-10-15/h4-10,12-14H,1,11H2,2-3H3/b12-8-,16-13+,17-14?. The monoisotopic (exact) mass is 240 g/mol. The minimum Gasteiger partial charge on any atom is -0.378 e. The van der Waals surface area contributed by atoms with E-state index in [1.165, 1.54) is 11.8 Å². The minimum absolute atomic E-state index is 0.935. The van der Waals surface area contributed by atoms with Crippen LogP contribution in [0.15, 0.2) is 72.0 Å². The molecule has 0 radical (unpaired) electrons. The second-order valence-corrected chi connectivity index (χ2v) is 4.06. The molecule has 2 nitrogen and oxygen atoms in total. The zero-order chi connectivity index (χ0) is 13.2. The van der Waals surface area contributed by atoms with Crippen molar-refractivity contribution >= 4 is 6.21 Å². The third kappa shape index (κ3) is 5.30. The lowest BCUT2D eigenvalue weighted by molar-refractivity contribution is 0.530. The van der Waals surface area contributed by atoms with Crippen LogP contribution in [0.2, 0.25) is 0 Å². The molecule has 0 aromatic heterocycles. The summed E-state index contributed by atoms with van der Waals surface area (Å²) in [5, 5.41) is 0. The molecule has 0 amide bonds. The van der Waals surface area contributed by atoms with E-state index in [0.29, 0.717) is 0 Å². The van der Waals surface area contributed by atoms with Crippen molar-refractivity contribution in [2.45, 2.75) is 6.42 Å². The molecule has 2 heteroatoms. The maximum Gasteiger partial charge on any atom is 0.0373 e. The number of nitrogens with zero attached hydrogens (tertiary/aromatic N) is 2. The first-order chi connectivity index (χ1) is 8.74. The molecule has 0 atom stereocenters. The van der Waals surface area contributed by atoms with Crippen LogP contribution in [-0.4, -0.2) is 25.2 Å². The zero-order valence-electron chi connectivity index (χ0n) is 11.1. The fourth-order valence-electron chi connectivity index (χ4n) is 1.46. The van der Waals surface area contributed by atoms with Crippen LogP contribution in [-0.2, 0) is 6.42 Å². The number of hydrogen-bond acceptors (Lipinski definition) is 2. The highest BCUT2D eigenvalue weighted by Gasteiger charge is 1.93.